The summed E-state index contributed by atoms with van der Waals surface area (Å²) in [6, 6.07) is 8.47. The van der Waals surface area contributed by atoms with Crippen LogP contribution in [0.25, 0.3) is 0 Å². The van der Waals surface area contributed by atoms with Crippen molar-refractivity contribution >= 4 is 11.6 Å². The van der Waals surface area contributed by atoms with Gasteiger partial charge in [-0.3, -0.25) is 9.78 Å². The van der Waals surface area contributed by atoms with Crippen LogP contribution in [0.3, 0.4) is 0 Å². The lowest BCUT2D eigenvalue weighted by molar-refractivity contribution is -0.141. The van der Waals surface area contributed by atoms with Gasteiger partial charge in [0.15, 0.2) is 5.69 Å². The Hall–Kier alpha value is -2.31. The van der Waals surface area contributed by atoms with Gasteiger partial charge in [0.1, 0.15) is 0 Å². The van der Waals surface area contributed by atoms with E-state index in [0.29, 0.717) is 5.69 Å². The maximum atomic E-state index is 12.7. The fourth-order valence-electron chi connectivity index (χ4n) is 1.53. The van der Waals surface area contributed by atoms with E-state index in [4.69, 9.17) is 0 Å². The summed E-state index contributed by atoms with van der Waals surface area (Å²) in [6.07, 6.45) is -4.66. The average Bonchev–Trinajstić information content (AvgIpc) is 2.33. The highest BCUT2D eigenvalue weighted by molar-refractivity contribution is 5.52. The van der Waals surface area contributed by atoms with E-state index in [1.165, 1.54) is 0 Å². The van der Waals surface area contributed by atoms with Crippen molar-refractivity contribution < 1.29 is 13.2 Å². The quantitative estimate of drug-likeness (QED) is 0.881. The molecule has 2 aromatic rings. The van der Waals surface area contributed by atoms with Crippen LogP contribution in [0.5, 0.6) is 0 Å². The average molecular weight is 269 g/mol. The van der Waals surface area contributed by atoms with Crippen molar-refractivity contribution in [2.75, 3.05) is 5.32 Å². The second-order valence-corrected chi connectivity index (χ2v) is 3.88. The molecule has 0 aliphatic carbocycles. The number of H-pyrrole nitrogens is 1. The van der Waals surface area contributed by atoms with Gasteiger partial charge in [-0.2, -0.15) is 13.2 Å². The van der Waals surface area contributed by atoms with Gasteiger partial charge in [-0.05, 0) is 19.1 Å². The number of benzene rings is 1. The molecule has 4 nitrogen and oxygen atoms in total. The summed E-state index contributed by atoms with van der Waals surface area (Å²) in [6.45, 7) is 1.08. The first kappa shape index (κ1) is 13.1. The van der Waals surface area contributed by atoms with Crippen molar-refractivity contribution in [3.05, 3.63) is 51.9 Å². The monoisotopic (exact) mass is 269 g/mol. The van der Waals surface area contributed by atoms with Crippen molar-refractivity contribution in [2.45, 2.75) is 13.1 Å². The van der Waals surface area contributed by atoms with Crippen LogP contribution in [0.15, 0.2) is 35.1 Å². The molecule has 0 atom stereocenters. The highest BCUT2D eigenvalue weighted by Crippen LogP contribution is 2.29. The lowest BCUT2D eigenvalue weighted by Gasteiger charge is -2.11. The summed E-state index contributed by atoms with van der Waals surface area (Å²) < 4.78 is 38.1. The summed E-state index contributed by atoms with van der Waals surface area (Å²) in [5.74, 6) is -0.242. The minimum Gasteiger partial charge on any atom is -0.326 e. The summed E-state index contributed by atoms with van der Waals surface area (Å²) in [7, 11) is 0. The molecule has 1 heterocycles. The second-order valence-electron chi connectivity index (χ2n) is 3.88. The fourth-order valence-corrected chi connectivity index (χ4v) is 1.53. The molecular formula is C12H10F3N3O. The third kappa shape index (κ3) is 2.93. The predicted octanol–water partition coefficient (Wildman–Crippen LogP) is 2.84. The summed E-state index contributed by atoms with van der Waals surface area (Å²) in [5.41, 5.74) is -1.93. The smallest absolute Gasteiger partial charge is 0.326 e. The van der Waals surface area contributed by atoms with E-state index >= 15 is 0 Å². The van der Waals surface area contributed by atoms with Crippen molar-refractivity contribution in [3.63, 3.8) is 0 Å². The molecule has 1 aromatic heterocycles. The number of aromatic amines is 1. The number of hydrogen-bond donors (Lipinski definition) is 2. The van der Waals surface area contributed by atoms with Crippen LogP contribution in [-0.2, 0) is 6.18 Å². The van der Waals surface area contributed by atoms with Crippen LogP contribution in [0.1, 0.15) is 11.3 Å². The number of hydrogen-bond acceptors (Lipinski definition) is 3. The molecule has 100 valence electrons. The largest absolute Gasteiger partial charge is 0.433 e. The Kier molecular flexibility index (Phi) is 3.28. The number of alkyl halides is 3. The van der Waals surface area contributed by atoms with E-state index in [2.05, 4.69) is 15.3 Å². The van der Waals surface area contributed by atoms with Crippen molar-refractivity contribution in [1.29, 1.82) is 0 Å². The van der Waals surface area contributed by atoms with Gasteiger partial charge >= 0.3 is 6.18 Å². The number of para-hydroxylation sites is 1. The number of nitrogens with one attached hydrogen (secondary N) is 2. The standard InChI is InChI=1S/C12H10F3N3O/c1-7-9(12(13,14)15)17-11(18-10(7)19)16-8-5-3-2-4-6-8/h2-6H,1H3,(H2,16,17,18,19). The molecule has 0 spiro atoms. The van der Waals surface area contributed by atoms with Crippen LogP contribution >= 0.6 is 0 Å². The van der Waals surface area contributed by atoms with E-state index in [1.54, 1.807) is 30.3 Å². The lowest BCUT2D eigenvalue weighted by Crippen LogP contribution is -2.22. The summed E-state index contributed by atoms with van der Waals surface area (Å²) >= 11 is 0. The Labute approximate surface area is 106 Å². The first-order valence-corrected chi connectivity index (χ1v) is 5.38. The summed E-state index contributed by atoms with van der Waals surface area (Å²) in [5, 5.41) is 2.62. The number of aromatic nitrogens is 2. The van der Waals surface area contributed by atoms with E-state index in [9.17, 15) is 18.0 Å². The highest BCUT2D eigenvalue weighted by Gasteiger charge is 2.36. The SMILES string of the molecule is Cc1c(C(F)(F)F)nc(Nc2ccccc2)[nH]c1=O. The van der Waals surface area contributed by atoms with Crippen LogP contribution in [-0.4, -0.2) is 9.97 Å². The van der Waals surface area contributed by atoms with Crippen molar-refractivity contribution in [2.24, 2.45) is 0 Å². The lowest BCUT2D eigenvalue weighted by atomic mass is 10.2. The molecule has 0 aliphatic heterocycles. The Morgan fingerprint density at radius 2 is 1.84 bits per heavy atom. The van der Waals surface area contributed by atoms with Crippen LogP contribution in [0.4, 0.5) is 24.8 Å². The predicted molar refractivity (Wildman–Crippen MR) is 64.3 cm³/mol. The third-order valence-electron chi connectivity index (χ3n) is 2.46. The normalized spacial score (nSPS) is 11.4. The topological polar surface area (TPSA) is 57.8 Å². The first-order chi connectivity index (χ1) is 8.88. The molecule has 2 N–H and O–H groups in total. The molecule has 2 rings (SSSR count). The van der Waals surface area contributed by atoms with Crippen molar-refractivity contribution in [3.8, 4) is 0 Å². The molecule has 1 aromatic carbocycles. The molecular weight excluding hydrogens is 259 g/mol. The number of anilines is 2. The van der Waals surface area contributed by atoms with E-state index < -0.39 is 23.0 Å². The molecule has 0 fully saturated rings. The van der Waals surface area contributed by atoms with Crippen LogP contribution < -0.4 is 10.9 Å². The molecule has 0 unspecified atom stereocenters. The molecule has 0 saturated carbocycles. The maximum Gasteiger partial charge on any atom is 0.433 e. The Bertz CT molecular complexity index is 635. The van der Waals surface area contributed by atoms with Gasteiger partial charge in [-0.1, -0.05) is 18.2 Å². The zero-order chi connectivity index (χ0) is 14.0. The zero-order valence-corrected chi connectivity index (χ0v) is 9.88. The molecule has 0 aliphatic rings. The third-order valence-corrected chi connectivity index (χ3v) is 2.46. The highest BCUT2D eigenvalue weighted by atomic mass is 19.4. The summed E-state index contributed by atoms with van der Waals surface area (Å²) in [4.78, 5) is 17.1. The molecule has 0 radical (unpaired) electrons. The van der Waals surface area contributed by atoms with Gasteiger partial charge in [0.05, 0.1) is 0 Å². The number of nitrogens with zero attached hydrogens (tertiary/aromatic N) is 1. The number of halogens is 3. The van der Waals surface area contributed by atoms with E-state index in [-0.39, 0.29) is 5.95 Å². The van der Waals surface area contributed by atoms with E-state index in [0.717, 1.165) is 6.92 Å². The minimum absolute atomic E-state index is 0.242. The fraction of sp³-hybridized carbons (Fsp3) is 0.167. The minimum atomic E-state index is -4.66. The molecule has 7 heteroatoms. The zero-order valence-electron chi connectivity index (χ0n) is 9.88. The Morgan fingerprint density at radius 1 is 1.21 bits per heavy atom. The second kappa shape index (κ2) is 4.75. The van der Waals surface area contributed by atoms with Gasteiger partial charge in [-0.25, -0.2) is 4.98 Å². The van der Waals surface area contributed by atoms with Crippen molar-refractivity contribution in [1.82, 2.24) is 9.97 Å². The van der Waals surface area contributed by atoms with Gasteiger partial charge in [-0.15, -0.1) is 0 Å². The maximum absolute atomic E-state index is 12.7. The van der Waals surface area contributed by atoms with Crippen LogP contribution in [0, 0.1) is 6.92 Å². The van der Waals surface area contributed by atoms with Crippen LogP contribution in [0.2, 0.25) is 0 Å². The van der Waals surface area contributed by atoms with Gasteiger partial charge in [0.25, 0.3) is 5.56 Å². The molecule has 0 saturated heterocycles. The van der Waals surface area contributed by atoms with Gasteiger partial charge in [0.2, 0.25) is 5.95 Å². The number of rotatable bonds is 2. The Morgan fingerprint density at radius 3 is 2.42 bits per heavy atom. The van der Waals surface area contributed by atoms with Gasteiger partial charge < -0.3 is 5.32 Å². The molecule has 0 amide bonds. The Balaban J connectivity index is 2.43. The first-order valence-electron chi connectivity index (χ1n) is 5.38. The van der Waals surface area contributed by atoms with Gasteiger partial charge in [0, 0.05) is 11.3 Å². The van der Waals surface area contributed by atoms with E-state index in [1.807, 2.05) is 0 Å². The molecule has 0 bridgehead atoms. The molecule has 19 heavy (non-hydrogen) atoms.